The number of carbonyl (C=O) groups is 1. The lowest BCUT2D eigenvalue weighted by molar-refractivity contribution is -0.139. The molecule has 21 heavy (non-hydrogen) atoms. The molecular weight excluding hydrogens is 270 g/mol. The van der Waals surface area contributed by atoms with Crippen molar-refractivity contribution in [3.63, 3.8) is 0 Å². The number of nitrogens with one attached hydrogen (secondary N) is 2. The van der Waals surface area contributed by atoms with E-state index in [1.165, 1.54) is 0 Å². The second-order valence-electron chi connectivity index (χ2n) is 4.93. The van der Waals surface area contributed by atoms with Crippen molar-refractivity contribution in [1.29, 1.82) is 0 Å². The Morgan fingerprint density at radius 3 is 3.05 bits per heavy atom. The monoisotopic (exact) mass is 287 g/mol. The van der Waals surface area contributed by atoms with Crippen LogP contribution in [0.4, 0.5) is 0 Å². The number of carboxylic acids is 1. The molecule has 0 bridgehead atoms. The number of rotatable bonds is 4. The molecule has 1 aromatic carbocycles. The maximum Gasteiger partial charge on any atom is 0.321 e. The highest BCUT2D eigenvalue weighted by Crippen LogP contribution is 2.33. The van der Waals surface area contributed by atoms with Gasteiger partial charge in [-0.25, -0.2) is 4.98 Å². The van der Waals surface area contributed by atoms with Crippen molar-refractivity contribution >= 4 is 5.97 Å². The van der Waals surface area contributed by atoms with Crippen molar-refractivity contribution in [2.45, 2.75) is 25.4 Å². The average molecular weight is 287 g/mol. The van der Waals surface area contributed by atoms with E-state index >= 15 is 0 Å². The number of benzene rings is 1. The highest BCUT2D eigenvalue weighted by Gasteiger charge is 2.34. The number of H-pyrrole nitrogens is 1. The van der Waals surface area contributed by atoms with E-state index in [9.17, 15) is 9.90 Å². The fraction of sp³-hybridized carbons (Fsp3) is 0.333. The molecule has 0 saturated carbocycles. The molecule has 2 unspecified atom stereocenters. The highest BCUT2D eigenvalue weighted by atomic mass is 16.5. The quantitative estimate of drug-likeness (QED) is 0.793. The summed E-state index contributed by atoms with van der Waals surface area (Å²) in [6.07, 6.45) is 2.00. The van der Waals surface area contributed by atoms with Crippen LogP contribution in [0.3, 0.4) is 0 Å². The summed E-state index contributed by atoms with van der Waals surface area (Å²) in [6, 6.07) is 6.71. The summed E-state index contributed by atoms with van der Waals surface area (Å²) in [5.74, 6) is -0.119. The van der Waals surface area contributed by atoms with Gasteiger partial charge in [-0.3, -0.25) is 10.1 Å². The molecule has 3 rings (SSSR count). The Labute approximate surface area is 122 Å². The molecule has 6 heteroatoms. The van der Waals surface area contributed by atoms with E-state index in [2.05, 4.69) is 15.3 Å². The topological polar surface area (TPSA) is 87.2 Å². The van der Waals surface area contributed by atoms with Crippen LogP contribution in [0.15, 0.2) is 30.6 Å². The lowest BCUT2D eigenvalue weighted by Crippen LogP contribution is -2.45. The summed E-state index contributed by atoms with van der Waals surface area (Å²) < 4.78 is 5.65. The Morgan fingerprint density at radius 2 is 2.29 bits per heavy atom. The summed E-state index contributed by atoms with van der Waals surface area (Å²) in [5, 5.41) is 12.5. The highest BCUT2D eigenvalue weighted by molar-refractivity contribution is 5.74. The minimum atomic E-state index is -0.867. The summed E-state index contributed by atoms with van der Waals surface area (Å²) in [6.45, 7) is 2.48. The molecule has 0 radical (unpaired) electrons. The van der Waals surface area contributed by atoms with Gasteiger partial charge in [0.05, 0.1) is 24.7 Å². The Kier molecular flexibility index (Phi) is 3.62. The van der Waals surface area contributed by atoms with Gasteiger partial charge in [0.25, 0.3) is 0 Å². The van der Waals surface area contributed by atoms with Gasteiger partial charge in [0.1, 0.15) is 11.8 Å². The molecule has 1 aliphatic rings. The van der Waals surface area contributed by atoms with Crippen molar-refractivity contribution in [3.8, 4) is 5.75 Å². The average Bonchev–Trinajstić information content (AvgIpc) is 2.95. The third-order valence-corrected chi connectivity index (χ3v) is 3.63. The van der Waals surface area contributed by atoms with Crippen molar-refractivity contribution in [3.05, 3.63) is 47.5 Å². The zero-order chi connectivity index (χ0) is 14.8. The summed E-state index contributed by atoms with van der Waals surface area (Å²) in [7, 11) is 0. The number of fused-ring (bicyclic) bond motifs is 1. The summed E-state index contributed by atoms with van der Waals surface area (Å²) >= 11 is 0. The fourth-order valence-corrected chi connectivity index (χ4v) is 2.69. The van der Waals surface area contributed by atoms with Gasteiger partial charge in [0, 0.05) is 17.7 Å². The van der Waals surface area contributed by atoms with Crippen molar-refractivity contribution in [2.24, 2.45) is 0 Å². The first-order chi connectivity index (χ1) is 10.2. The molecule has 1 aliphatic heterocycles. The minimum Gasteiger partial charge on any atom is -0.494 e. The lowest BCUT2D eigenvalue weighted by atomic mass is 9.93. The van der Waals surface area contributed by atoms with E-state index in [1.54, 1.807) is 6.33 Å². The molecule has 3 N–H and O–H groups in total. The van der Waals surface area contributed by atoms with Crippen LogP contribution in [0, 0.1) is 0 Å². The Morgan fingerprint density at radius 1 is 1.48 bits per heavy atom. The van der Waals surface area contributed by atoms with E-state index in [0.29, 0.717) is 13.0 Å². The third kappa shape index (κ3) is 2.50. The first-order valence-electron chi connectivity index (χ1n) is 6.93. The van der Waals surface area contributed by atoms with E-state index in [1.807, 2.05) is 31.2 Å². The molecule has 0 amide bonds. The standard InChI is InChI=1S/C15H17N3O3/c1-2-21-12-6-4-3-5-9(12)13-14-10(16-8-17-14)7-11(18-13)15(19)20/h3-6,8,11,13,18H,2,7H2,1H3,(H,16,17)(H,19,20). The maximum atomic E-state index is 11.3. The second-order valence-corrected chi connectivity index (χ2v) is 4.93. The molecule has 0 saturated heterocycles. The van der Waals surface area contributed by atoms with Crippen molar-refractivity contribution < 1.29 is 14.6 Å². The molecule has 2 heterocycles. The first kappa shape index (κ1) is 13.6. The number of hydrogen-bond donors (Lipinski definition) is 3. The molecule has 2 atom stereocenters. The lowest BCUT2D eigenvalue weighted by Gasteiger charge is -2.29. The van der Waals surface area contributed by atoms with Crippen molar-refractivity contribution in [1.82, 2.24) is 15.3 Å². The van der Waals surface area contributed by atoms with Gasteiger partial charge in [-0.1, -0.05) is 18.2 Å². The maximum absolute atomic E-state index is 11.3. The normalized spacial score (nSPS) is 20.8. The molecule has 0 spiro atoms. The Balaban J connectivity index is 2.03. The first-order valence-corrected chi connectivity index (χ1v) is 6.93. The fourth-order valence-electron chi connectivity index (χ4n) is 2.69. The van der Waals surface area contributed by atoms with Crippen LogP contribution in [0.1, 0.15) is 29.9 Å². The molecule has 110 valence electrons. The number of nitrogens with zero attached hydrogens (tertiary/aromatic N) is 1. The molecular formula is C15H17N3O3. The SMILES string of the molecule is CCOc1ccccc1C1NC(C(=O)O)Cc2[nH]cnc21. The number of aliphatic carboxylic acids is 1. The number of aromatic amines is 1. The van der Waals surface area contributed by atoms with E-state index in [0.717, 1.165) is 22.7 Å². The zero-order valence-corrected chi connectivity index (χ0v) is 11.7. The Bertz CT molecular complexity index is 653. The van der Waals surface area contributed by atoms with Crippen LogP contribution in [0.2, 0.25) is 0 Å². The largest absolute Gasteiger partial charge is 0.494 e. The van der Waals surface area contributed by atoms with Gasteiger partial charge >= 0.3 is 5.97 Å². The number of hydrogen-bond acceptors (Lipinski definition) is 4. The van der Waals surface area contributed by atoms with Crippen LogP contribution in [0.5, 0.6) is 5.75 Å². The van der Waals surface area contributed by atoms with Gasteiger partial charge in [-0.2, -0.15) is 0 Å². The third-order valence-electron chi connectivity index (χ3n) is 3.63. The van der Waals surface area contributed by atoms with Gasteiger partial charge in [-0.05, 0) is 13.0 Å². The van der Waals surface area contributed by atoms with E-state index < -0.39 is 12.0 Å². The minimum absolute atomic E-state index is 0.288. The number of ether oxygens (including phenoxy) is 1. The van der Waals surface area contributed by atoms with Gasteiger partial charge < -0.3 is 14.8 Å². The molecule has 0 aliphatic carbocycles. The number of imidazole rings is 1. The van der Waals surface area contributed by atoms with Crippen LogP contribution >= 0.6 is 0 Å². The number of para-hydroxylation sites is 1. The van der Waals surface area contributed by atoms with Gasteiger partial charge in [0.15, 0.2) is 0 Å². The Hall–Kier alpha value is -2.34. The van der Waals surface area contributed by atoms with Crippen LogP contribution in [0.25, 0.3) is 0 Å². The number of carboxylic acid groups (broad SMARTS) is 1. The van der Waals surface area contributed by atoms with E-state index in [4.69, 9.17) is 4.74 Å². The number of aromatic nitrogens is 2. The van der Waals surface area contributed by atoms with Crippen LogP contribution < -0.4 is 10.1 Å². The second kappa shape index (κ2) is 5.57. The smallest absolute Gasteiger partial charge is 0.321 e. The summed E-state index contributed by atoms with van der Waals surface area (Å²) in [5.41, 5.74) is 2.59. The molecule has 0 fully saturated rings. The molecule has 6 nitrogen and oxygen atoms in total. The van der Waals surface area contributed by atoms with Gasteiger partial charge in [-0.15, -0.1) is 0 Å². The van der Waals surface area contributed by atoms with Crippen molar-refractivity contribution in [2.75, 3.05) is 6.61 Å². The molecule has 1 aromatic heterocycles. The summed E-state index contributed by atoms with van der Waals surface area (Å²) in [4.78, 5) is 18.7. The van der Waals surface area contributed by atoms with Crippen LogP contribution in [-0.4, -0.2) is 33.7 Å². The van der Waals surface area contributed by atoms with Gasteiger partial charge in [0.2, 0.25) is 0 Å². The molecule has 2 aromatic rings. The predicted molar refractivity (Wildman–Crippen MR) is 76.3 cm³/mol. The van der Waals surface area contributed by atoms with Crippen LogP contribution in [-0.2, 0) is 11.2 Å². The zero-order valence-electron chi connectivity index (χ0n) is 11.7. The van der Waals surface area contributed by atoms with E-state index in [-0.39, 0.29) is 6.04 Å². The predicted octanol–water partition coefficient (Wildman–Crippen LogP) is 1.50.